The van der Waals surface area contributed by atoms with Crippen molar-refractivity contribution in [2.45, 2.75) is 13.0 Å². The van der Waals surface area contributed by atoms with E-state index in [-0.39, 0.29) is 11.9 Å². The van der Waals surface area contributed by atoms with Crippen molar-refractivity contribution < 1.29 is 4.39 Å². The molecule has 2 rings (SSSR count). The van der Waals surface area contributed by atoms with Gasteiger partial charge >= 0.3 is 0 Å². The van der Waals surface area contributed by atoms with Gasteiger partial charge in [0.1, 0.15) is 5.82 Å². The summed E-state index contributed by atoms with van der Waals surface area (Å²) in [7, 11) is 0. The van der Waals surface area contributed by atoms with Crippen molar-refractivity contribution in [3.63, 3.8) is 0 Å². The Balaban J connectivity index is 2.54. The van der Waals surface area contributed by atoms with Crippen LogP contribution in [-0.2, 0) is 0 Å². The average Bonchev–Trinajstić information content (AvgIpc) is 2.63. The molecule has 5 heteroatoms. The van der Waals surface area contributed by atoms with Gasteiger partial charge < -0.3 is 10.3 Å². The second kappa shape index (κ2) is 4.23. The largest absolute Gasteiger partial charge is 0.323 e. The SMILES string of the molecule is C[C@@H](N)c1cncn1-c1cc(F)cc(Cl)c1. The number of nitrogens with zero attached hydrogens (tertiary/aromatic N) is 2. The Morgan fingerprint density at radius 2 is 2.19 bits per heavy atom. The first-order valence-electron chi connectivity index (χ1n) is 4.82. The maximum Gasteiger partial charge on any atom is 0.126 e. The third-order valence-corrected chi connectivity index (χ3v) is 2.48. The van der Waals surface area contributed by atoms with Crippen molar-refractivity contribution in [2.75, 3.05) is 0 Å². The summed E-state index contributed by atoms with van der Waals surface area (Å²) in [5.41, 5.74) is 7.21. The lowest BCUT2D eigenvalue weighted by atomic mass is 10.2. The number of benzene rings is 1. The zero-order valence-electron chi connectivity index (χ0n) is 8.69. The molecule has 2 aromatic rings. The van der Waals surface area contributed by atoms with Gasteiger partial charge in [0.05, 0.1) is 23.9 Å². The Labute approximate surface area is 97.7 Å². The van der Waals surface area contributed by atoms with E-state index in [1.807, 2.05) is 6.92 Å². The van der Waals surface area contributed by atoms with E-state index < -0.39 is 0 Å². The van der Waals surface area contributed by atoms with E-state index in [9.17, 15) is 4.39 Å². The molecule has 1 atom stereocenters. The fourth-order valence-corrected chi connectivity index (χ4v) is 1.75. The highest BCUT2D eigenvalue weighted by Gasteiger charge is 2.09. The first kappa shape index (κ1) is 11.1. The van der Waals surface area contributed by atoms with Crippen LogP contribution in [0.15, 0.2) is 30.7 Å². The molecule has 2 N–H and O–H groups in total. The monoisotopic (exact) mass is 239 g/mol. The highest BCUT2D eigenvalue weighted by atomic mass is 35.5. The van der Waals surface area contributed by atoms with Gasteiger partial charge in [-0.1, -0.05) is 11.6 Å². The van der Waals surface area contributed by atoms with Crippen LogP contribution >= 0.6 is 11.6 Å². The molecular weight excluding hydrogens is 229 g/mol. The number of imidazole rings is 1. The molecule has 1 aromatic heterocycles. The maximum atomic E-state index is 13.2. The van der Waals surface area contributed by atoms with Gasteiger partial charge in [0.25, 0.3) is 0 Å². The summed E-state index contributed by atoms with van der Waals surface area (Å²) < 4.78 is 14.9. The molecule has 0 bridgehead atoms. The number of halogens is 2. The molecular formula is C11H11ClFN3. The summed E-state index contributed by atoms with van der Waals surface area (Å²) in [5.74, 6) is -0.383. The number of hydrogen-bond donors (Lipinski definition) is 1. The van der Waals surface area contributed by atoms with E-state index in [0.29, 0.717) is 10.7 Å². The molecule has 0 aliphatic carbocycles. The number of aromatic nitrogens is 2. The Kier molecular flexibility index (Phi) is 2.94. The van der Waals surface area contributed by atoms with Crippen LogP contribution in [0.2, 0.25) is 5.02 Å². The van der Waals surface area contributed by atoms with Gasteiger partial charge in [-0.2, -0.15) is 0 Å². The average molecular weight is 240 g/mol. The minimum atomic E-state index is -0.383. The number of hydrogen-bond acceptors (Lipinski definition) is 2. The van der Waals surface area contributed by atoms with E-state index >= 15 is 0 Å². The topological polar surface area (TPSA) is 43.8 Å². The van der Waals surface area contributed by atoms with E-state index in [2.05, 4.69) is 4.98 Å². The number of nitrogens with two attached hydrogens (primary N) is 1. The Hall–Kier alpha value is -1.39. The molecule has 84 valence electrons. The highest BCUT2D eigenvalue weighted by Crippen LogP contribution is 2.20. The van der Waals surface area contributed by atoms with Crippen LogP contribution in [0, 0.1) is 5.82 Å². The highest BCUT2D eigenvalue weighted by molar-refractivity contribution is 6.30. The molecule has 0 radical (unpaired) electrons. The molecule has 0 saturated carbocycles. The lowest BCUT2D eigenvalue weighted by Gasteiger charge is -2.11. The van der Waals surface area contributed by atoms with Gasteiger partial charge in [-0.3, -0.25) is 0 Å². The first-order valence-corrected chi connectivity index (χ1v) is 5.20. The minimum Gasteiger partial charge on any atom is -0.323 e. The molecule has 1 aromatic carbocycles. The molecule has 0 aliphatic rings. The lowest BCUT2D eigenvalue weighted by Crippen LogP contribution is -2.10. The van der Waals surface area contributed by atoms with Crippen molar-refractivity contribution in [1.29, 1.82) is 0 Å². The summed E-state index contributed by atoms with van der Waals surface area (Å²) in [4.78, 5) is 4.00. The molecule has 0 unspecified atom stereocenters. The molecule has 0 saturated heterocycles. The predicted octanol–water partition coefficient (Wildman–Crippen LogP) is 2.68. The van der Waals surface area contributed by atoms with Crippen LogP contribution in [-0.4, -0.2) is 9.55 Å². The zero-order valence-corrected chi connectivity index (χ0v) is 9.45. The molecule has 0 amide bonds. The first-order chi connectivity index (χ1) is 7.58. The van der Waals surface area contributed by atoms with Crippen molar-refractivity contribution in [1.82, 2.24) is 9.55 Å². The summed E-state index contributed by atoms with van der Waals surface area (Å²) in [6, 6.07) is 4.13. The van der Waals surface area contributed by atoms with E-state index in [1.54, 1.807) is 23.2 Å². The fraction of sp³-hybridized carbons (Fsp3) is 0.182. The summed E-state index contributed by atoms with van der Waals surface area (Å²) >= 11 is 5.79. The molecule has 1 heterocycles. The van der Waals surface area contributed by atoms with Gasteiger partial charge in [0.15, 0.2) is 0 Å². The smallest absolute Gasteiger partial charge is 0.126 e. The van der Waals surface area contributed by atoms with Gasteiger partial charge in [-0.15, -0.1) is 0 Å². The van der Waals surface area contributed by atoms with Gasteiger partial charge in [-0.05, 0) is 25.1 Å². The third kappa shape index (κ3) is 2.08. The predicted molar refractivity (Wildman–Crippen MR) is 61.1 cm³/mol. The van der Waals surface area contributed by atoms with Crippen LogP contribution in [0.1, 0.15) is 18.7 Å². The fourth-order valence-electron chi connectivity index (χ4n) is 1.54. The molecule has 0 fully saturated rings. The van der Waals surface area contributed by atoms with Crippen LogP contribution in [0.4, 0.5) is 4.39 Å². The molecule has 0 spiro atoms. The van der Waals surface area contributed by atoms with Crippen molar-refractivity contribution in [3.8, 4) is 5.69 Å². The summed E-state index contributed by atoms with van der Waals surface area (Å²) in [6.07, 6.45) is 3.24. The van der Waals surface area contributed by atoms with E-state index in [1.165, 1.54) is 12.1 Å². The molecule has 16 heavy (non-hydrogen) atoms. The van der Waals surface area contributed by atoms with Gasteiger partial charge in [0.2, 0.25) is 0 Å². The van der Waals surface area contributed by atoms with Gasteiger partial charge in [-0.25, -0.2) is 9.37 Å². The second-order valence-corrected chi connectivity index (χ2v) is 4.04. The molecule has 3 nitrogen and oxygen atoms in total. The van der Waals surface area contributed by atoms with Crippen molar-refractivity contribution in [2.24, 2.45) is 5.73 Å². The third-order valence-electron chi connectivity index (χ3n) is 2.26. The lowest BCUT2D eigenvalue weighted by molar-refractivity contribution is 0.625. The summed E-state index contributed by atoms with van der Waals surface area (Å²) in [5, 5.41) is 0.347. The van der Waals surface area contributed by atoms with Gasteiger partial charge in [0, 0.05) is 11.1 Å². The number of rotatable bonds is 2. The Bertz CT molecular complexity index is 487. The van der Waals surface area contributed by atoms with Crippen LogP contribution in [0.5, 0.6) is 0 Å². The van der Waals surface area contributed by atoms with Crippen molar-refractivity contribution in [3.05, 3.63) is 47.3 Å². The maximum absolute atomic E-state index is 13.2. The quantitative estimate of drug-likeness (QED) is 0.876. The molecule has 0 aliphatic heterocycles. The minimum absolute atomic E-state index is 0.176. The Morgan fingerprint density at radius 3 is 2.81 bits per heavy atom. The van der Waals surface area contributed by atoms with E-state index in [4.69, 9.17) is 17.3 Å². The van der Waals surface area contributed by atoms with Crippen LogP contribution < -0.4 is 5.73 Å². The standard InChI is InChI=1S/C11H11ClFN3/c1-7(14)11-5-15-6-16(11)10-3-8(12)2-9(13)4-10/h2-7H,14H2,1H3/t7-/m1/s1. The normalized spacial score (nSPS) is 12.8. The Morgan fingerprint density at radius 1 is 1.44 bits per heavy atom. The van der Waals surface area contributed by atoms with Crippen LogP contribution in [0.25, 0.3) is 5.69 Å². The zero-order chi connectivity index (χ0) is 11.7. The van der Waals surface area contributed by atoms with E-state index in [0.717, 1.165) is 5.69 Å². The summed E-state index contributed by atoms with van der Waals surface area (Å²) in [6.45, 7) is 1.84. The second-order valence-electron chi connectivity index (χ2n) is 3.60. The van der Waals surface area contributed by atoms with Crippen molar-refractivity contribution >= 4 is 11.6 Å². The van der Waals surface area contributed by atoms with Crippen LogP contribution in [0.3, 0.4) is 0 Å².